The summed E-state index contributed by atoms with van der Waals surface area (Å²) in [5.41, 5.74) is 1.55. The van der Waals surface area contributed by atoms with Gasteiger partial charge in [-0.3, -0.25) is 4.68 Å². The maximum Gasteiger partial charge on any atom is 0.238 e. The van der Waals surface area contributed by atoms with Crippen LogP contribution < -0.4 is 10.0 Å². The quantitative estimate of drug-likeness (QED) is 0.761. The lowest BCUT2D eigenvalue weighted by atomic mass is 10.1. The molecule has 0 aliphatic heterocycles. The Kier molecular flexibility index (Phi) is 3.98. The van der Waals surface area contributed by atoms with Crippen molar-refractivity contribution in [3.63, 3.8) is 0 Å². The number of nitrogens with two attached hydrogens (primary N) is 1. The van der Waals surface area contributed by atoms with Crippen LogP contribution in [0.5, 0.6) is 0 Å². The highest BCUT2D eigenvalue weighted by atomic mass is 32.2. The molecule has 0 saturated heterocycles. The molecule has 0 amide bonds. The second-order valence-electron chi connectivity index (χ2n) is 5.61. The van der Waals surface area contributed by atoms with Gasteiger partial charge in [0, 0.05) is 14.1 Å². The highest BCUT2D eigenvalue weighted by Gasteiger charge is 2.19. The number of primary sulfonamides is 1. The first-order valence-electron chi connectivity index (χ1n) is 7.27. The molecule has 1 unspecified atom stereocenters. The largest absolute Gasteiger partial charge is 0.352 e. The molecule has 2 aromatic heterocycles. The monoisotopic (exact) mass is 346 g/mol. The number of sulfonamides is 1. The SMILES string of the molecule is CC(c1cccc(S(N)(=O)=O)c1)N(C)c1ncnc2c1cnn2C. The Morgan fingerprint density at radius 1 is 1.29 bits per heavy atom. The molecule has 1 atom stereocenters. The van der Waals surface area contributed by atoms with Gasteiger partial charge in [-0.05, 0) is 24.6 Å². The standard InChI is InChI=1S/C15H18N6O2S/c1-10(11-5-4-6-12(7-11)24(16,22)23)20(2)14-13-8-19-21(3)15(13)18-9-17-14/h4-10H,1-3H3,(H2,16,22,23). The van der Waals surface area contributed by atoms with Crippen molar-refractivity contribution in [1.29, 1.82) is 0 Å². The Bertz CT molecular complexity index is 998. The van der Waals surface area contributed by atoms with Crippen molar-refractivity contribution in [2.45, 2.75) is 17.9 Å². The van der Waals surface area contributed by atoms with E-state index in [9.17, 15) is 8.42 Å². The van der Waals surface area contributed by atoms with Crippen LogP contribution >= 0.6 is 0 Å². The Labute approximate surface area is 140 Å². The van der Waals surface area contributed by atoms with E-state index in [1.165, 1.54) is 12.4 Å². The number of benzene rings is 1. The summed E-state index contributed by atoms with van der Waals surface area (Å²) in [6.07, 6.45) is 3.21. The zero-order chi connectivity index (χ0) is 17.5. The third-order valence-electron chi connectivity index (χ3n) is 4.09. The maximum atomic E-state index is 11.6. The minimum absolute atomic E-state index is 0.0921. The summed E-state index contributed by atoms with van der Waals surface area (Å²) in [5, 5.41) is 10.3. The van der Waals surface area contributed by atoms with Gasteiger partial charge < -0.3 is 4.90 Å². The van der Waals surface area contributed by atoms with Crippen LogP contribution in [0.1, 0.15) is 18.5 Å². The average Bonchev–Trinajstić information content (AvgIpc) is 2.94. The summed E-state index contributed by atoms with van der Waals surface area (Å²) in [4.78, 5) is 10.6. The summed E-state index contributed by atoms with van der Waals surface area (Å²) in [6, 6.07) is 6.48. The van der Waals surface area contributed by atoms with Crippen molar-refractivity contribution in [2.75, 3.05) is 11.9 Å². The van der Waals surface area contributed by atoms with Crippen LogP contribution in [0.25, 0.3) is 11.0 Å². The van der Waals surface area contributed by atoms with Gasteiger partial charge in [0.15, 0.2) is 5.65 Å². The van der Waals surface area contributed by atoms with Gasteiger partial charge in [0.05, 0.1) is 22.5 Å². The first-order valence-corrected chi connectivity index (χ1v) is 8.82. The summed E-state index contributed by atoms with van der Waals surface area (Å²) in [6.45, 7) is 1.96. The third-order valence-corrected chi connectivity index (χ3v) is 5.00. The van der Waals surface area contributed by atoms with Crippen LogP contribution in [-0.2, 0) is 17.1 Å². The lowest BCUT2D eigenvalue weighted by molar-refractivity contribution is 0.597. The molecular weight excluding hydrogens is 328 g/mol. The molecule has 0 radical (unpaired) electrons. The summed E-state index contributed by atoms with van der Waals surface area (Å²) >= 11 is 0. The van der Waals surface area contributed by atoms with Crippen LogP contribution in [0.15, 0.2) is 41.7 Å². The number of fused-ring (bicyclic) bond motifs is 1. The number of hydrogen-bond acceptors (Lipinski definition) is 6. The lowest BCUT2D eigenvalue weighted by Crippen LogP contribution is -2.23. The van der Waals surface area contributed by atoms with Gasteiger partial charge in [0.1, 0.15) is 12.1 Å². The number of rotatable bonds is 4. The predicted molar refractivity (Wildman–Crippen MR) is 90.9 cm³/mol. The Balaban J connectivity index is 2.02. The third kappa shape index (κ3) is 2.83. The van der Waals surface area contributed by atoms with Crippen molar-refractivity contribution in [3.8, 4) is 0 Å². The van der Waals surface area contributed by atoms with Crippen molar-refractivity contribution in [1.82, 2.24) is 19.7 Å². The van der Waals surface area contributed by atoms with Gasteiger partial charge in [-0.15, -0.1) is 0 Å². The van der Waals surface area contributed by atoms with Crippen LogP contribution in [-0.4, -0.2) is 35.2 Å². The van der Waals surface area contributed by atoms with Crippen molar-refractivity contribution in [2.24, 2.45) is 12.2 Å². The summed E-state index contributed by atoms with van der Waals surface area (Å²) in [5.74, 6) is 0.724. The molecule has 9 heteroatoms. The molecule has 0 bridgehead atoms. The number of nitrogens with zero attached hydrogens (tertiary/aromatic N) is 5. The van der Waals surface area contributed by atoms with E-state index in [1.54, 1.807) is 23.0 Å². The molecule has 1 aromatic carbocycles. The molecule has 0 spiro atoms. The van der Waals surface area contributed by atoms with Gasteiger partial charge in [-0.1, -0.05) is 12.1 Å². The molecule has 0 saturated carbocycles. The molecule has 8 nitrogen and oxygen atoms in total. The zero-order valence-electron chi connectivity index (χ0n) is 13.6. The summed E-state index contributed by atoms with van der Waals surface area (Å²) < 4.78 is 24.8. The van der Waals surface area contributed by atoms with Gasteiger partial charge in [-0.25, -0.2) is 23.5 Å². The minimum atomic E-state index is -3.74. The number of aryl methyl sites for hydroxylation is 1. The molecule has 3 rings (SSSR count). The Hall–Kier alpha value is -2.52. The van der Waals surface area contributed by atoms with Gasteiger partial charge in [0.25, 0.3) is 0 Å². The van der Waals surface area contributed by atoms with E-state index in [0.717, 1.165) is 22.4 Å². The van der Waals surface area contributed by atoms with Crippen LogP contribution in [0.3, 0.4) is 0 Å². The molecule has 0 aliphatic carbocycles. The normalized spacial score (nSPS) is 13.2. The molecule has 24 heavy (non-hydrogen) atoms. The van der Waals surface area contributed by atoms with Gasteiger partial charge in [0.2, 0.25) is 10.0 Å². The van der Waals surface area contributed by atoms with E-state index >= 15 is 0 Å². The molecule has 0 aliphatic rings. The zero-order valence-corrected chi connectivity index (χ0v) is 14.4. The fourth-order valence-electron chi connectivity index (χ4n) is 2.59. The van der Waals surface area contributed by atoms with Crippen LogP contribution in [0, 0.1) is 0 Å². The molecule has 2 heterocycles. The Morgan fingerprint density at radius 2 is 2.04 bits per heavy atom. The van der Waals surface area contributed by atoms with Crippen LogP contribution in [0.4, 0.5) is 5.82 Å². The van der Waals surface area contributed by atoms with Crippen molar-refractivity contribution in [3.05, 3.63) is 42.4 Å². The van der Waals surface area contributed by atoms with Crippen LogP contribution in [0.2, 0.25) is 0 Å². The van der Waals surface area contributed by atoms with Crippen molar-refractivity contribution < 1.29 is 8.42 Å². The van der Waals surface area contributed by atoms with E-state index in [1.807, 2.05) is 32.0 Å². The fraction of sp³-hybridized carbons (Fsp3) is 0.267. The van der Waals surface area contributed by atoms with E-state index in [4.69, 9.17) is 5.14 Å². The second-order valence-corrected chi connectivity index (χ2v) is 7.17. The van der Waals surface area contributed by atoms with Crippen molar-refractivity contribution >= 4 is 26.9 Å². The minimum Gasteiger partial charge on any atom is -0.352 e. The highest BCUT2D eigenvalue weighted by molar-refractivity contribution is 7.89. The van der Waals surface area contributed by atoms with E-state index in [0.29, 0.717) is 0 Å². The maximum absolute atomic E-state index is 11.6. The lowest BCUT2D eigenvalue weighted by Gasteiger charge is -2.26. The number of hydrogen-bond donors (Lipinski definition) is 1. The molecule has 3 aromatic rings. The highest BCUT2D eigenvalue weighted by Crippen LogP contribution is 2.29. The van der Waals surface area contributed by atoms with E-state index < -0.39 is 10.0 Å². The molecule has 0 fully saturated rings. The number of aromatic nitrogens is 4. The predicted octanol–water partition coefficient (Wildman–Crippen LogP) is 1.21. The first-order chi connectivity index (χ1) is 11.3. The Morgan fingerprint density at radius 3 is 2.75 bits per heavy atom. The fourth-order valence-corrected chi connectivity index (χ4v) is 3.16. The molecule has 126 valence electrons. The van der Waals surface area contributed by atoms with Gasteiger partial charge >= 0.3 is 0 Å². The molecular formula is C15H18N6O2S. The van der Waals surface area contributed by atoms with E-state index in [2.05, 4.69) is 15.1 Å². The first kappa shape index (κ1) is 16.3. The average molecular weight is 346 g/mol. The summed E-state index contributed by atoms with van der Waals surface area (Å²) in [7, 11) is -0.0285. The topological polar surface area (TPSA) is 107 Å². The number of anilines is 1. The second kappa shape index (κ2) is 5.84. The van der Waals surface area contributed by atoms with E-state index in [-0.39, 0.29) is 10.9 Å². The van der Waals surface area contributed by atoms with Gasteiger partial charge in [-0.2, -0.15) is 5.10 Å². The molecule has 2 N–H and O–H groups in total. The smallest absolute Gasteiger partial charge is 0.238 e.